The summed E-state index contributed by atoms with van der Waals surface area (Å²) in [5, 5.41) is 2.93. The van der Waals surface area contributed by atoms with Crippen LogP contribution in [0.1, 0.15) is 46.2 Å². The molecule has 0 aliphatic rings. The summed E-state index contributed by atoms with van der Waals surface area (Å²) in [6.45, 7) is 9.02. The van der Waals surface area contributed by atoms with Crippen molar-refractivity contribution in [2.75, 3.05) is 40.0 Å². The van der Waals surface area contributed by atoms with Crippen molar-refractivity contribution < 1.29 is 26.6 Å². The van der Waals surface area contributed by atoms with E-state index in [9.17, 15) is 9.59 Å². The molecule has 3 N–H and O–H groups in total. The molecule has 0 aliphatic heterocycles. The third-order valence-corrected chi connectivity index (χ3v) is 5.83. The first-order valence-electron chi connectivity index (χ1n) is 11.5. The smallest absolute Gasteiger partial charge is 0.277 e. The van der Waals surface area contributed by atoms with E-state index in [2.05, 4.69) is 36.2 Å². The van der Waals surface area contributed by atoms with E-state index in [1.54, 1.807) is 11.8 Å². The second-order valence-electron chi connectivity index (χ2n) is 8.57. The highest BCUT2D eigenvalue weighted by atomic mass is 35.5. The van der Waals surface area contributed by atoms with Gasteiger partial charge in [0.15, 0.2) is 22.5 Å². The highest BCUT2D eigenvalue weighted by Gasteiger charge is 2.26. The molecular weight excluding hydrogens is 539 g/mol. The maximum absolute atomic E-state index is 13.0. The van der Waals surface area contributed by atoms with Crippen molar-refractivity contribution in [1.82, 2.24) is 29.7 Å². The zero-order valence-corrected chi connectivity index (χ0v) is 24.5. The Bertz CT molecular complexity index is 1220. The van der Waals surface area contributed by atoms with Gasteiger partial charge in [-0.1, -0.05) is 0 Å². The first-order chi connectivity index (χ1) is 16.2. The number of hydrogen-bond acceptors (Lipinski definition) is 6. The summed E-state index contributed by atoms with van der Waals surface area (Å²) in [5.74, 6) is 0.647. The summed E-state index contributed by atoms with van der Waals surface area (Å²) < 4.78 is 4.27. The minimum absolute atomic E-state index is 0. The number of halogens is 3. The minimum Gasteiger partial charge on any atom is -1.00 e. The van der Waals surface area contributed by atoms with Gasteiger partial charge in [0.2, 0.25) is 0 Å². The number of benzene rings is 1. The average molecular weight is 576 g/mol. The molecule has 13 heteroatoms. The number of nitrogens with one attached hydrogen (secondary N) is 1. The van der Waals surface area contributed by atoms with Crippen LogP contribution in [0.4, 0.5) is 5.82 Å². The van der Waals surface area contributed by atoms with Gasteiger partial charge in [-0.25, -0.2) is 19.1 Å². The highest BCUT2D eigenvalue weighted by molar-refractivity contribution is 5.97. The lowest BCUT2D eigenvalue weighted by molar-refractivity contribution is -0.676. The lowest BCUT2D eigenvalue weighted by atomic mass is 10.1. The SMILES string of the molecule is CCn1c(CNC(=O)c2ncc(C)nc2N)[n+](CC)c2ccc(C(=O)N(C)CCN(C)C)cc21.Cl.Cl.[Cl-]. The van der Waals surface area contributed by atoms with E-state index in [4.69, 9.17) is 5.73 Å². The van der Waals surface area contributed by atoms with Gasteiger partial charge in [0.1, 0.15) is 6.54 Å². The van der Waals surface area contributed by atoms with Gasteiger partial charge in [-0.3, -0.25) is 9.59 Å². The Labute approximate surface area is 236 Å². The Morgan fingerprint density at radius 3 is 2.38 bits per heavy atom. The van der Waals surface area contributed by atoms with Gasteiger partial charge in [0.25, 0.3) is 17.6 Å². The molecule has 0 aliphatic carbocycles. The third-order valence-electron chi connectivity index (χ3n) is 5.83. The summed E-state index contributed by atoms with van der Waals surface area (Å²) in [5.41, 5.74) is 9.26. The molecule has 0 radical (unpaired) electrons. The van der Waals surface area contributed by atoms with Crippen molar-refractivity contribution in [1.29, 1.82) is 0 Å². The standard InChI is InChI=1S/C24H34N8O2.3ClH/c1-7-31-18-10-9-17(24(34)30(6)12-11-29(4)5)13-19(18)32(8-2)20(31)15-27-23(33)21-22(25)28-16(3)14-26-21;;;/h9-10,13-14H,7-8,11-12,15H2,1-6H3,(H2-,25,27,28,33);3*1H. The van der Waals surface area contributed by atoms with Crippen LogP contribution in [0.15, 0.2) is 24.4 Å². The lowest BCUT2D eigenvalue weighted by Crippen LogP contribution is -3.00. The molecule has 0 bridgehead atoms. The molecule has 37 heavy (non-hydrogen) atoms. The van der Waals surface area contributed by atoms with Gasteiger partial charge in [-0.2, -0.15) is 0 Å². The molecule has 3 rings (SSSR count). The predicted octanol–water partition coefficient (Wildman–Crippen LogP) is -0.940. The summed E-state index contributed by atoms with van der Waals surface area (Å²) in [6, 6.07) is 5.79. The second kappa shape index (κ2) is 14.9. The van der Waals surface area contributed by atoms with Crippen LogP contribution >= 0.6 is 24.8 Å². The number of nitrogens with two attached hydrogens (primary N) is 1. The number of aromatic nitrogens is 4. The van der Waals surface area contributed by atoms with Crippen molar-refractivity contribution >= 4 is 53.5 Å². The number of amides is 2. The monoisotopic (exact) mass is 574 g/mol. The van der Waals surface area contributed by atoms with Crippen LogP contribution in [0.25, 0.3) is 11.0 Å². The molecule has 2 amide bonds. The number of carbonyl (C=O) groups is 2. The molecule has 0 spiro atoms. The van der Waals surface area contributed by atoms with Crippen molar-refractivity contribution in [3.8, 4) is 0 Å². The molecule has 206 valence electrons. The summed E-state index contributed by atoms with van der Waals surface area (Å²) in [6.07, 6.45) is 1.52. The first kappa shape index (κ1) is 34.3. The van der Waals surface area contributed by atoms with E-state index < -0.39 is 0 Å². The van der Waals surface area contributed by atoms with Gasteiger partial charge >= 0.3 is 0 Å². The van der Waals surface area contributed by atoms with Gasteiger partial charge in [-0.15, -0.1) is 24.8 Å². The van der Waals surface area contributed by atoms with Crippen molar-refractivity contribution in [3.05, 3.63) is 47.2 Å². The number of anilines is 1. The number of nitrogen functional groups attached to an aromatic ring is 1. The first-order valence-corrected chi connectivity index (χ1v) is 11.5. The molecule has 10 nitrogen and oxygen atoms in total. The summed E-state index contributed by atoms with van der Waals surface area (Å²) in [4.78, 5) is 37.8. The Morgan fingerprint density at radius 1 is 1.14 bits per heavy atom. The van der Waals surface area contributed by atoms with Gasteiger partial charge in [-0.05, 0) is 47.0 Å². The van der Waals surface area contributed by atoms with Crippen molar-refractivity contribution in [2.45, 2.75) is 40.4 Å². The van der Waals surface area contributed by atoms with E-state index in [0.717, 1.165) is 29.9 Å². The number of nitrogens with zero attached hydrogens (tertiary/aromatic N) is 6. The molecule has 2 aromatic heterocycles. The summed E-state index contributed by atoms with van der Waals surface area (Å²) >= 11 is 0. The number of hydrogen-bond donors (Lipinski definition) is 2. The molecule has 0 saturated carbocycles. The maximum atomic E-state index is 13.0. The molecule has 0 atom stereocenters. The highest BCUT2D eigenvalue weighted by Crippen LogP contribution is 2.19. The Morgan fingerprint density at radius 2 is 1.81 bits per heavy atom. The molecular formula is C24H37Cl3N8O2. The van der Waals surface area contributed by atoms with E-state index in [1.807, 2.05) is 46.3 Å². The van der Waals surface area contributed by atoms with E-state index in [-0.39, 0.29) is 67.1 Å². The molecule has 0 fully saturated rings. The minimum atomic E-state index is -0.376. The number of carbonyl (C=O) groups excluding carboxylic acids is 2. The zero-order chi connectivity index (χ0) is 25.0. The fourth-order valence-electron chi connectivity index (χ4n) is 4.01. The Hall–Kier alpha value is -2.66. The number of imidazole rings is 1. The molecule has 3 aromatic rings. The second-order valence-corrected chi connectivity index (χ2v) is 8.57. The van der Waals surface area contributed by atoms with Crippen LogP contribution in [0.5, 0.6) is 0 Å². The van der Waals surface area contributed by atoms with Crippen LogP contribution in [0.2, 0.25) is 0 Å². The maximum Gasteiger partial charge on any atom is 0.277 e. The number of fused-ring (bicyclic) bond motifs is 1. The summed E-state index contributed by atoms with van der Waals surface area (Å²) in [7, 11) is 5.80. The fraction of sp³-hybridized carbons (Fsp3) is 0.458. The number of aryl methyl sites for hydroxylation is 3. The molecule has 0 unspecified atom stereocenters. The largest absolute Gasteiger partial charge is 1.00 e. The van der Waals surface area contributed by atoms with E-state index in [1.165, 1.54) is 6.20 Å². The topological polar surface area (TPSA) is 113 Å². The predicted molar refractivity (Wildman–Crippen MR) is 146 cm³/mol. The van der Waals surface area contributed by atoms with Gasteiger partial charge < -0.3 is 33.3 Å². The van der Waals surface area contributed by atoms with Crippen molar-refractivity contribution in [3.63, 3.8) is 0 Å². The molecule has 0 saturated heterocycles. The number of likely N-dealkylation sites (N-methyl/N-ethyl adjacent to an activating group) is 2. The number of rotatable bonds is 9. The van der Waals surface area contributed by atoms with Gasteiger partial charge in [0.05, 0.1) is 18.8 Å². The Balaban J connectivity index is 0.00000432. The van der Waals surface area contributed by atoms with E-state index >= 15 is 0 Å². The van der Waals surface area contributed by atoms with Crippen LogP contribution in [0, 0.1) is 6.92 Å². The van der Waals surface area contributed by atoms with Crippen LogP contribution < -0.4 is 28.0 Å². The molecule has 1 aromatic carbocycles. The lowest BCUT2D eigenvalue weighted by Gasteiger charge is -2.19. The average Bonchev–Trinajstić information content (AvgIpc) is 3.11. The van der Waals surface area contributed by atoms with Crippen LogP contribution in [-0.4, -0.2) is 70.4 Å². The van der Waals surface area contributed by atoms with Gasteiger partial charge in [0, 0.05) is 38.0 Å². The van der Waals surface area contributed by atoms with E-state index in [0.29, 0.717) is 24.3 Å². The van der Waals surface area contributed by atoms with Crippen LogP contribution in [-0.2, 0) is 19.6 Å². The Kier molecular flexibility index (Phi) is 13.8. The molecule has 2 heterocycles. The quantitative estimate of drug-likeness (QED) is 0.319. The third kappa shape index (κ3) is 7.67. The van der Waals surface area contributed by atoms with Crippen molar-refractivity contribution in [2.24, 2.45) is 0 Å². The fourth-order valence-corrected chi connectivity index (χ4v) is 4.01. The zero-order valence-electron chi connectivity index (χ0n) is 22.1. The normalized spacial score (nSPS) is 10.4. The van der Waals surface area contributed by atoms with Crippen LogP contribution in [0.3, 0.4) is 0 Å².